The highest BCUT2D eigenvalue weighted by Gasteiger charge is 2.22. The van der Waals surface area contributed by atoms with Gasteiger partial charge in [0.1, 0.15) is 14.1 Å². The number of benzene rings is 4. The summed E-state index contributed by atoms with van der Waals surface area (Å²) in [5.41, 5.74) is 5.84. The van der Waals surface area contributed by atoms with Crippen LogP contribution in [0.1, 0.15) is 15.9 Å². The Labute approximate surface area is 185 Å². The van der Waals surface area contributed by atoms with E-state index in [0.29, 0.717) is 0 Å². The molecule has 152 valence electrons. The molecule has 0 amide bonds. The zero-order valence-electron chi connectivity index (χ0n) is 18.0. The monoisotopic (exact) mass is 414 g/mol. The Morgan fingerprint density at radius 1 is 0.531 bits per heavy atom. The summed E-state index contributed by atoms with van der Waals surface area (Å²) in [4.78, 5) is 14.0. The van der Waals surface area contributed by atoms with E-state index >= 15 is 0 Å². The van der Waals surface area contributed by atoms with Crippen LogP contribution in [0.2, 0.25) is 0 Å². The van der Waals surface area contributed by atoms with E-state index in [9.17, 15) is 4.79 Å². The Morgan fingerprint density at radius 2 is 0.938 bits per heavy atom. The number of hydrogen-bond donors (Lipinski definition) is 0. The van der Waals surface area contributed by atoms with Gasteiger partial charge in [-0.3, -0.25) is 4.79 Å². The molecule has 0 saturated carbocycles. The van der Waals surface area contributed by atoms with Crippen LogP contribution in [0.4, 0.5) is 0 Å². The van der Waals surface area contributed by atoms with Crippen LogP contribution in [0, 0.1) is 0 Å². The molecule has 2 heterocycles. The summed E-state index contributed by atoms with van der Waals surface area (Å²) in [7, 11) is 4.12. The topological polar surface area (TPSA) is 24.8 Å². The first kappa shape index (κ1) is 18.6. The predicted octanol–water partition coefficient (Wildman–Crippen LogP) is 5.18. The zero-order valence-corrected chi connectivity index (χ0v) is 18.0. The average Bonchev–Trinajstić information content (AvgIpc) is 2.83. The molecule has 0 aliphatic carbocycles. The molecule has 6 aromatic rings. The summed E-state index contributed by atoms with van der Waals surface area (Å²) in [6, 6.07) is 32.9. The number of nitrogens with zero attached hydrogens (tertiary/aromatic N) is 2. The molecule has 0 aliphatic heterocycles. The molecule has 0 bridgehead atoms. The molecule has 2 aromatic heterocycles. The molecule has 0 fully saturated rings. The first-order chi connectivity index (χ1) is 15.6. The van der Waals surface area contributed by atoms with E-state index in [1.165, 1.54) is 0 Å². The third-order valence-electron chi connectivity index (χ3n) is 6.57. The highest BCUT2D eigenvalue weighted by molar-refractivity contribution is 6.21. The van der Waals surface area contributed by atoms with Gasteiger partial charge in [-0.15, -0.1) is 0 Å². The van der Waals surface area contributed by atoms with Crippen molar-refractivity contribution in [2.75, 3.05) is 0 Å². The third kappa shape index (κ3) is 2.64. The van der Waals surface area contributed by atoms with Crippen LogP contribution in [-0.2, 0) is 14.1 Å². The second-order valence-corrected chi connectivity index (χ2v) is 8.33. The second-order valence-electron chi connectivity index (χ2n) is 8.33. The molecule has 0 aliphatic rings. The van der Waals surface area contributed by atoms with Gasteiger partial charge in [0.2, 0.25) is 22.1 Å². The van der Waals surface area contributed by atoms with E-state index in [0.717, 1.165) is 54.7 Å². The Hall–Kier alpha value is -4.11. The largest absolute Gasteiger partial charge is 0.289 e. The first-order valence-electron chi connectivity index (χ1n) is 10.8. The SMILES string of the molecule is C[n+]1c2ccccc2cc2c(C(=O)c3cccc4c3cc3ccccc3[n+]4C)cccc21. The molecule has 3 nitrogen and oxygen atoms in total. The number of ketones is 1. The Kier molecular flexibility index (Phi) is 4.05. The molecular formula is C29H22N2O+2. The lowest BCUT2D eigenvalue weighted by molar-refractivity contribution is -0.617. The van der Waals surface area contributed by atoms with Crippen molar-refractivity contribution in [3.05, 3.63) is 108 Å². The smallest absolute Gasteiger partial charge is 0.213 e. The molecule has 0 spiro atoms. The number of hydrogen-bond acceptors (Lipinski definition) is 1. The van der Waals surface area contributed by atoms with Crippen molar-refractivity contribution in [2.24, 2.45) is 14.1 Å². The molecule has 0 saturated heterocycles. The number of carbonyl (C=O) groups is 1. The summed E-state index contributed by atoms with van der Waals surface area (Å²) in [5.74, 6) is 0.0479. The fraction of sp³-hybridized carbons (Fsp3) is 0.0690. The maximum absolute atomic E-state index is 14.0. The van der Waals surface area contributed by atoms with Gasteiger partial charge in [-0.2, -0.15) is 9.13 Å². The molecule has 0 unspecified atom stereocenters. The normalized spacial score (nSPS) is 11.6. The van der Waals surface area contributed by atoms with E-state index < -0.39 is 0 Å². The first-order valence-corrected chi connectivity index (χ1v) is 10.8. The van der Waals surface area contributed by atoms with E-state index in [2.05, 4.69) is 71.8 Å². The molecule has 32 heavy (non-hydrogen) atoms. The number of aryl methyl sites for hydroxylation is 2. The van der Waals surface area contributed by atoms with Crippen molar-refractivity contribution in [3.8, 4) is 0 Å². The van der Waals surface area contributed by atoms with Crippen molar-refractivity contribution in [1.82, 2.24) is 0 Å². The second kappa shape index (κ2) is 6.96. The minimum Gasteiger partial charge on any atom is -0.289 e. The van der Waals surface area contributed by atoms with Gasteiger partial charge in [-0.05, 0) is 36.4 Å². The van der Waals surface area contributed by atoms with Crippen LogP contribution < -0.4 is 9.13 Å². The van der Waals surface area contributed by atoms with Gasteiger partial charge in [0.15, 0.2) is 5.78 Å². The summed E-state index contributed by atoms with van der Waals surface area (Å²) >= 11 is 0. The third-order valence-corrected chi connectivity index (χ3v) is 6.57. The minimum absolute atomic E-state index is 0.0479. The predicted molar refractivity (Wildman–Crippen MR) is 129 cm³/mol. The molecular weight excluding hydrogens is 392 g/mol. The average molecular weight is 415 g/mol. The van der Waals surface area contributed by atoms with E-state index in [4.69, 9.17) is 0 Å². The number of rotatable bonds is 2. The van der Waals surface area contributed by atoms with E-state index in [-0.39, 0.29) is 5.78 Å². The summed E-state index contributed by atoms with van der Waals surface area (Å²) < 4.78 is 4.33. The molecule has 3 heteroatoms. The van der Waals surface area contributed by atoms with Crippen molar-refractivity contribution < 1.29 is 13.9 Å². The fourth-order valence-electron chi connectivity index (χ4n) is 4.94. The number of pyridine rings is 2. The number of fused-ring (bicyclic) bond motifs is 4. The van der Waals surface area contributed by atoms with Gasteiger partial charge in [0.05, 0.1) is 10.8 Å². The van der Waals surface area contributed by atoms with Crippen LogP contribution >= 0.6 is 0 Å². The standard InChI is InChI=1S/C29H22N2O/c1-30-25-13-5-3-9-19(25)17-23-21(11-7-15-27(23)30)29(32)22-12-8-16-28-24(22)18-20-10-4-6-14-26(20)31(28)2/h3-18H,1-2H3/q+2. The van der Waals surface area contributed by atoms with Gasteiger partial charge in [-0.1, -0.05) is 36.4 Å². The highest BCUT2D eigenvalue weighted by Crippen LogP contribution is 2.27. The lowest BCUT2D eigenvalue weighted by Crippen LogP contribution is -2.30. The molecule has 0 atom stereocenters. The quantitative estimate of drug-likeness (QED) is 0.218. The lowest BCUT2D eigenvalue weighted by Gasteiger charge is -2.09. The van der Waals surface area contributed by atoms with Crippen molar-refractivity contribution >= 4 is 49.4 Å². The molecule has 0 N–H and O–H groups in total. The van der Waals surface area contributed by atoms with E-state index in [1.807, 2.05) is 48.5 Å². The number of para-hydroxylation sites is 2. The molecule has 4 aromatic carbocycles. The van der Waals surface area contributed by atoms with E-state index in [1.54, 1.807) is 0 Å². The molecule has 0 radical (unpaired) electrons. The Balaban J connectivity index is 1.65. The van der Waals surface area contributed by atoms with Crippen LogP contribution in [0.15, 0.2) is 97.1 Å². The maximum atomic E-state index is 14.0. The van der Waals surface area contributed by atoms with Crippen LogP contribution in [0.25, 0.3) is 43.6 Å². The number of carbonyl (C=O) groups excluding carboxylic acids is 1. The zero-order chi connectivity index (χ0) is 21.8. The van der Waals surface area contributed by atoms with Gasteiger partial charge in [0.25, 0.3) is 0 Å². The molecule has 6 rings (SSSR count). The minimum atomic E-state index is 0.0479. The Bertz CT molecular complexity index is 1590. The van der Waals surface area contributed by atoms with Crippen LogP contribution in [-0.4, -0.2) is 5.78 Å². The van der Waals surface area contributed by atoms with Crippen molar-refractivity contribution in [2.45, 2.75) is 0 Å². The van der Waals surface area contributed by atoms with Gasteiger partial charge < -0.3 is 0 Å². The summed E-state index contributed by atoms with van der Waals surface area (Å²) in [6.07, 6.45) is 0. The Morgan fingerprint density at radius 3 is 1.41 bits per heavy atom. The van der Waals surface area contributed by atoms with Gasteiger partial charge >= 0.3 is 0 Å². The summed E-state index contributed by atoms with van der Waals surface area (Å²) in [5, 5.41) is 4.19. The van der Waals surface area contributed by atoms with Gasteiger partial charge in [0, 0.05) is 46.2 Å². The lowest BCUT2D eigenvalue weighted by atomic mass is 9.94. The summed E-state index contributed by atoms with van der Waals surface area (Å²) in [6.45, 7) is 0. The van der Waals surface area contributed by atoms with Crippen LogP contribution in [0.5, 0.6) is 0 Å². The van der Waals surface area contributed by atoms with Gasteiger partial charge in [-0.25, -0.2) is 0 Å². The maximum Gasteiger partial charge on any atom is 0.213 e. The van der Waals surface area contributed by atoms with Crippen LogP contribution in [0.3, 0.4) is 0 Å². The van der Waals surface area contributed by atoms with Crippen molar-refractivity contribution in [3.63, 3.8) is 0 Å². The number of aromatic nitrogens is 2. The fourth-order valence-corrected chi connectivity index (χ4v) is 4.94. The highest BCUT2D eigenvalue weighted by atomic mass is 16.1. The van der Waals surface area contributed by atoms with Crippen molar-refractivity contribution in [1.29, 1.82) is 0 Å².